The molecule has 2 rings (SSSR count). The Balaban J connectivity index is 2.08. The first kappa shape index (κ1) is 15.4. The van der Waals surface area contributed by atoms with Crippen molar-refractivity contribution in [3.05, 3.63) is 48.5 Å². The average molecular weight is 311 g/mol. The van der Waals surface area contributed by atoms with E-state index in [0.717, 1.165) is 10.5 Å². The molecule has 3 nitrogen and oxygen atoms in total. The minimum absolute atomic E-state index is 0.124. The summed E-state index contributed by atoms with van der Waals surface area (Å²) in [6.45, 7) is 6.59. The summed E-state index contributed by atoms with van der Waals surface area (Å²) in [6.07, 6.45) is 5.37. The normalized spacial score (nSPS) is 15.1. The van der Waals surface area contributed by atoms with Gasteiger partial charge in [0, 0.05) is 18.9 Å². The van der Waals surface area contributed by atoms with Crippen LogP contribution in [0.1, 0.15) is 31.7 Å². The molecule has 0 aliphatic heterocycles. The van der Waals surface area contributed by atoms with Crippen LogP contribution in [0.5, 0.6) is 0 Å². The van der Waals surface area contributed by atoms with Gasteiger partial charge in [0.15, 0.2) is 4.90 Å². The van der Waals surface area contributed by atoms with E-state index in [9.17, 15) is 4.55 Å². The Hall–Kier alpha value is -0.970. The standard InChI is InChI=1S/C15H19ClN2OS/c1-15(2,3)20(19)13-6-4-12(5-7-13)14(16)10-18-9-8-17-11-18/h4-9,11,14H,10H2,1-3H3. The number of imidazole rings is 1. The third kappa shape index (κ3) is 3.78. The maximum absolute atomic E-state index is 12.3. The fraction of sp³-hybridized carbons (Fsp3) is 0.400. The molecule has 0 aliphatic carbocycles. The van der Waals surface area contributed by atoms with E-state index < -0.39 is 11.2 Å². The Kier molecular flexibility index (Phi) is 4.78. The first-order valence-electron chi connectivity index (χ1n) is 6.49. The van der Waals surface area contributed by atoms with Crippen LogP contribution >= 0.6 is 11.6 Å². The summed E-state index contributed by atoms with van der Waals surface area (Å²) in [5.41, 5.74) is 1.02. The lowest BCUT2D eigenvalue weighted by Crippen LogP contribution is -2.27. The number of alkyl halides is 1. The Bertz CT molecular complexity index is 534. The molecule has 1 aromatic carbocycles. The first-order valence-corrected chi connectivity index (χ1v) is 8.08. The van der Waals surface area contributed by atoms with Crippen molar-refractivity contribution in [2.24, 2.45) is 0 Å². The van der Waals surface area contributed by atoms with Crippen molar-refractivity contribution in [3.8, 4) is 0 Å². The van der Waals surface area contributed by atoms with Crippen LogP contribution < -0.4 is 0 Å². The van der Waals surface area contributed by atoms with Crippen molar-refractivity contribution < 1.29 is 4.55 Å². The van der Waals surface area contributed by atoms with Gasteiger partial charge in [0.25, 0.3) is 0 Å². The van der Waals surface area contributed by atoms with Crippen LogP contribution in [-0.4, -0.2) is 18.9 Å². The molecule has 2 unspecified atom stereocenters. The highest BCUT2D eigenvalue weighted by Crippen LogP contribution is 2.28. The van der Waals surface area contributed by atoms with Crippen LogP contribution in [0.4, 0.5) is 0 Å². The molecule has 2 atom stereocenters. The van der Waals surface area contributed by atoms with Gasteiger partial charge in [-0.3, -0.25) is 0 Å². The number of hydrogen-bond acceptors (Lipinski definition) is 2. The average Bonchev–Trinajstić information content (AvgIpc) is 2.90. The summed E-state index contributed by atoms with van der Waals surface area (Å²) in [4.78, 5) is 4.84. The molecule has 5 heteroatoms. The van der Waals surface area contributed by atoms with Crippen LogP contribution in [0.3, 0.4) is 0 Å². The van der Waals surface area contributed by atoms with Gasteiger partial charge in [-0.05, 0) is 49.6 Å². The largest absolute Gasteiger partial charge is 0.611 e. The number of rotatable bonds is 4. The molecule has 0 fully saturated rings. The zero-order valence-electron chi connectivity index (χ0n) is 11.9. The van der Waals surface area contributed by atoms with Gasteiger partial charge in [-0.2, -0.15) is 0 Å². The molecular weight excluding hydrogens is 292 g/mol. The van der Waals surface area contributed by atoms with Gasteiger partial charge in [-0.25, -0.2) is 4.98 Å². The fourth-order valence-electron chi connectivity index (χ4n) is 1.84. The third-order valence-electron chi connectivity index (χ3n) is 2.94. The molecular formula is C15H19ClN2OS. The van der Waals surface area contributed by atoms with E-state index in [4.69, 9.17) is 11.6 Å². The highest BCUT2D eigenvalue weighted by Gasteiger charge is 2.28. The molecule has 0 radical (unpaired) electrons. The van der Waals surface area contributed by atoms with Crippen molar-refractivity contribution in [1.82, 2.24) is 9.55 Å². The second-order valence-corrected chi connectivity index (χ2v) is 8.44. The second-order valence-electron chi connectivity index (χ2n) is 5.68. The molecule has 0 saturated heterocycles. The SMILES string of the molecule is CC(C)(C)[S+]([O-])c1ccc(C(Cl)Cn2ccnc2)cc1. The van der Waals surface area contributed by atoms with Crippen LogP contribution in [-0.2, 0) is 17.7 Å². The number of aromatic nitrogens is 2. The molecule has 0 aliphatic rings. The number of halogens is 1. The lowest BCUT2D eigenvalue weighted by atomic mass is 10.1. The fourth-order valence-corrected chi connectivity index (χ4v) is 3.23. The van der Waals surface area contributed by atoms with Crippen molar-refractivity contribution >= 4 is 22.8 Å². The number of hydrogen-bond donors (Lipinski definition) is 0. The first-order chi connectivity index (χ1) is 9.38. The molecule has 0 amide bonds. The molecule has 0 N–H and O–H groups in total. The smallest absolute Gasteiger partial charge is 0.153 e. The zero-order valence-corrected chi connectivity index (χ0v) is 13.5. The van der Waals surface area contributed by atoms with Crippen molar-refractivity contribution in [2.45, 2.75) is 42.3 Å². The van der Waals surface area contributed by atoms with Gasteiger partial charge < -0.3 is 9.12 Å². The Morgan fingerprint density at radius 1 is 1.30 bits per heavy atom. The summed E-state index contributed by atoms with van der Waals surface area (Å²) < 4.78 is 14.0. The predicted molar refractivity (Wildman–Crippen MR) is 83.4 cm³/mol. The molecule has 108 valence electrons. The van der Waals surface area contributed by atoms with E-state index in [0.29, 0.717) is 6.54 Å². The summed E-state index contributed by atoms with van der Waals surface area (Å²) >= 11 is 5.38. The topological polar surface area (TPSA) is 40.9 Å². The summed E-state index contributed by atoms with van der Waals surface area (Å²) in [6, 6.07) is 7.71. The van der Waals surface area contributed by atoms with E-state index in [2.05, 4.69) is 4.98 Å². The maximum Gasteiger partial charge on any atom is 0.153 e. The lowest BCUT2D eigenvalue weighted by Gasteiger charge is -2.24. The van der Waals surface area contributed by atoms with Gasteiger partial charge in [0.2, 0.25) is 0 Å². The van der Waals surface area contributed by atoms with E-state index in [1.165, 1.54) is 0 Å². The van der Waals surface area contributed by atoms with Gasteiger partial charge >= 0.3 is 0 Å². The molecule has 0 saturated carbocycles. The molecule has 20 heavy (non-hydrogen) atoms. The van der Waals surface area contributed by atoms with Gasteiger partial charge in [-0.1, -0.05) is 12.1 Å². The summed E-state index contributed by atoms with van der Waals surface area (Å²) in [7, 11) is 0. The Morgan fingerprint density at radius 2 is 1.95 bits per heavy atom. The maximum atomic E-state index is 12.3. The monoisotopic (exact) mass is 310 g/mol. The highest BCUT2D eigenvalue weighted by atomic mass is 35.5. The quantitative estimate of drug-likeness (QED) is 0.637. The third-order valence-corrected chi connectivity index (χ3v) is 5.15. The molecule has 1 heterocycles. The van der Waals surface area contributed by atoms with E-state index >= 15 is 0 Å². The van der Waals surface area contributed by atoms with Gasteiger partial charge in [0.05, 0.1) is 11.7 Å². The van der Waals surface area contributed by atoms with E-state index in [1.54, 1.807) is 12.5 Å². The summed E-state index contributed by atoms with van der Waals surface area (Å²) in [5.74, 6) is 0. The Morgan fingerprint density at radius 3 is 2.45 bits per heavy atom. The van der Waals surface area contributed by atoms with E-state index in [1.807, 2.05) is 55.8 Å². The van der Waals surface area contributed by atoms with Crippen molar-refractivity contribution in [1.29, 1.82) is 0 Å². The minimum atomic E-state index is -1.01. The van der Waals surface area contributed by atoms with Crippen LogP contribution in [0, 0.1) is 0 Å². The van der Waals surface area contributed by atoms with Gasteiger partial charge in [0.1, 0.15) is 4.75 Å². The molecule has 0 spiro atoms. The van der Waals surface area contributed by atoms with Crippen LogP contribution in [0.25, 0.3) is 0 Å². The predicted octanol–water partition coefficient (Wildman–Crippen LogP) is 3.77. The lowest BCUT2D eigenvalue weighted by molar-refractivity contribution is 0.559. The molecule has 2 aromatic rings. The summed E-state index contributed by atoms with van der Waals surface area (Å²) in [5, 5.41) is -0.124. The highest BCUT2D eigenvalue weighted by molar-refractivity contribution is 7.92. The van der Waals surface area contributed by atoms with Crippen LogP contribution in [0.15, 0.2) is 47.9 Å². The number of benzene rings is 1. The minimum Gasteiger partial charge on any atom is -0.611 e. The second kappa shape index (κ2) is 6.20. The van der Waals surface area contributed by atoms with Gasteiger partial charge in [-0.15, -0.1) is 11.6 Å². The Labute approximate surface area is 128 Å². The van der Waals surface area contributed by atoms with Crippen molar-refractivity contribution in [3.63, 3.8) is 0 Å². The molecule has 1 aromatic heterocycles. The van der Waals surface area contributed by atoms with Crippen molar-refractivity contribution in [2.75, 3.05) is 0 Å². The zero-order chi connectivity index (χ0) is 14.8. The number of nitrogens with zero attached hydrogens (tertiary/aromatic N) is 2. The van der Waals surface area contributed by atoms with E-state index in [-0.39, 0.29) is 10.1 Å². The van der Waals surface area contributed by atoms with Crippen LogP contribution in [0.2, 0.25) is 0 Å². The molecule has 0 bridgehead atoms.